The molecule has 0 spiro atoms. The van der Waals surface area contributed by atoms with Gasteiger partial charge in [-0.15, -0.1) is 0 Å². The van der Waals surface area contributed by atoms with E-state index >= 15 is 0 Å². The first-order chi connectivity index (χ1) is 6.93. The van der Waals surface area contributed by atoms with E-state index in [0.717, 1.165) is 19.4 Å². The van der Waals surface area contributed by atoms with Gasteiger partial charge in [-0.1, -0.05) is 13.8 Å². The van der Waals surface area contributed by atoms with Gasteiger partial charge in [-0.3, -0.25) is 10.1 Å². The quantitative estimate of drug-likeness (QED) is 0.573. The molecule has 4 heteroatoms. The zero-order valence-corrected chi connectivity index (χ0v) is 9.75. The van der Waals surface area contributed by atoms with Crippen LogP contribution in [0.3, 0.4) is 0 Å². The topological polar surface area (TPSA) is 67.7 Å². The molecule has 0 aliphatic carbocycles. The standard InChI is InChI=1S/C11H20N4/c1-9-5-7-14-15(9)8-4-6-11(2,3)10(12)13/h5,7H,4,6,8H2,1-3H3,(H3,12,13). The minimum atomic E-state index is -0.193. The maximum Gasteiger partial charge on any atom is 0.0963 e. The Labute approximate surface area is 91.0 Å². The van der Waals surface area contributed by atoms with Gasteiger partial charge in [-0.25, -0.2) is 0 Å². The maximum absolute atomic E-state index is 7.45. The predicted molar refractivity (Wildman–Crippen MR) is 61.9 cm³/mol. The van der Waals surface area contributed by atoms with Crippen LogP contribution in [0.4, 0.5) is 0 Å². The molecule has 3 N–H and O–H groups in total. The van der Waals surface area contributed by atoms with Crippen molar-refractivity contribution in [3.8, 4) is 0 Å². The van der Waals surface area contributed by atoms with E-state index in [-0.39, 0.29) is 11.3 Å². The Hall–Kier alpha value is -1.32. The van der Waals surface area contributed by atoms with E-state index in [1.807, 2.05) is 37.7 Å². The van der Waals surface area contributed by atoms with Gasteiger partial charge < -0.3 is 5.73 Å². The summed E-state index contributed by atoms with van der Waals surface area (Å²) >= 11 is 0. The Morgan fingerprint density at radius 2 is 2.27 bits per heavy atom. The molecule has 0 fully saturated rings. The smallest absolute Gasteiger partial charge is 0.0963 e. The fraction of sp³-hybridized carbons (Fsp3) is 0.636. The van der Waals surface area contributed by atoms with E-state index in [9.17, 15) is 0 Å². The van der Waals surface area contributed by atoms with Crippen LogP contribution in [-0.2, 0) is 6.54 Å². The van der Waals surface area contributed by atoms with Gasteiger partial charge in [-0.05, 0) is 25.8 Å². The van der Waals surface area contributed by atoms with Crippen molar-refractivity contribution in [2.24, 2.45) is 11.1 Å². The second kappa shape index (κ2) is 4.47. The number of amidine groups is 1. The molecule has 0 amide bonds. The zero-order valence-electron chi connectivity index (χ0n) is 9.75. The Morgan fingerprint density at radius 3 is 2.73 bits per heavy atom. The number of nitrogens with one attached hydrogen (secondary N) is 1. The van der Waals surface area contributed by atoms with Crippen molar-refractivity contribution in [3.63, 3.8) is 0 Å². The Balaban J connectivity index is 2.40. The normalized spacial score (nSPS) is 11.7. The molecule has 84 valence electrons. The lowest BCUT2D eigenvalue weighted by molar-refractivity contribution is 0.417. The van der Waals surface area contributed by atoms with E-state index in [1.165, 1.54) is 5.69 Å². The molecule has 0 saturated carbocycles. The van der Waals surface area contributed by atoms with Gasteiger partial charge in [0.25, 0.3) is 0 Å². The molecule has 0 bridgehead atoms. The third kappa shape index (κ3) is 3.08. The van der Waals surface area contributed by atoms with Crippen molar-refractivity contribution < 1.29 is 0 Å². The second-order valence-electron chi connectivity index (χ2n) is 4.60. The number of nitrogens with two attached hydrogens (primary N) is 1. The summed E-state index contributed by atoms with van der Waals surface area (Å²) in [5.41, 5.74) is 6.50. The molecule has 0 aromatic carbocycles. The molecule has 15 heavy (non-hydrogen) atoms. The summed E-state index contributed by atoms with van der Waals surface area (Å²) < 4.78 is 1.98. The molecular weight excluding hydrogens is 188 g/mol. The Bertz CT molecular complexity index is 338. The van der Waals surface area contributed by atoms with Gasteiger partial charge in [0, 0.05) is 23.9 Å². The first-order valence-electron chi connectivity index (χ1n) is 5.26. The molecule has 0 aliphatic rings. The van der Waals surface area contributed by atoms with Crippen LogP contribution in [0, 0.1) is 17.7 Å². The van der Waals surface area contributed by atoms with E-state index < -0.39 is 0 Å². The highest BCUT2D eigenvalue weighted by Gasteiger charge is 2.20. The van der Waals surface area contributed by atoms with Crippen LogP contribution in [0.25, 0.3) is 0 Å². The summed E-state index contributed by atoms with van der Waals surface area (Å²) in [6.07, 6.45) is 3.72. The predicted octanol–water partition coefficient (Wildman–Crippen LogP) is 1.93. The van der Waals surface area contributed by atoms with Gasteiger partial charge in [0.15, 0.2) is 0 Å². The van der Waals surface area contributed by atoms with E-state index in [4.69, 9.17) is 11.1 Å². The lowest BCUT2D eigenvalue weighted by atomic mass is 9.87. The van der Waals surface area contributed by atoms with Crippen molar-refractivity contribution in [2.75, 3.05) is 0 Å². The van der Waals surface area contributed by atoms with Gasteiger partial charge in [-0.2, -0.15) is 5.10 Å². The molecule has 1 aromatic heterocycles. The van der Waals surface area contributed by atoms with Crippen LogP contribution >= 0.6 is 0 Å². The zero-order chi connectivity index (χ0) is 11.5. The van der Waals surface area contributed by atoms with E-state index in [1.54, 1.807) is 0 Å². The Morgan fingerprint density at radius 1 is 1.60 bits per heavy atom. The van der Waals surface area contributed by atoms with E-state index in [0.29, 0.717) is 0 Å². The largest absolute Gasteiger partial charge is 0.387 e. The van der Waals surface area contributed by atoms with Crippen LogP contribution < -0.4 is 5.73 Å². The maximum atomic E-state index is 7.45. The van der Waals surface area contributed by atoms with Crippen LogP contribution in [0.15, 0.2) is 12.3 Å². The van der Waals surface area contributed by atoms with Crippen LogP contribution in [-0.4, -0.2) is 15.6 Å². The van der Waals surface area contributed by atoms with Gasteiger partial charge >= 0.3 is 0 Å². The average Bonchev–Trinajstić information content (AvgIpc) is 2.51. The van der Waals surface area contributed by atoms with Crippen molar-refractivity contribution in [3.05, 3.63) is 18.0 Å². The van der Waals surface area contributed by atoms with Crippen LogP contribution in [0.1, 0.15) is 32.4 Å². The summed E-state index contributed by atoms with van der Waals surface area (Å²) in [5.74, 6) is 0.264. The average molecular weight is 208 g/mol. The highest BCUT2D eigenvalue weighted by atomic mass is 15.3. The molecule has 0 aliphatic heterocycles. The molecule has 4 nitrogen and oxygen atoms in total. The number of hydrogen-bond donors (Lipinski definition) is 2. The summed E-state index contributed by atoms with van der Waals surface area (Å²) in [6, 6.07) is 2.00. The van der Waals surface area contributed by atoms with Crippen molar-refractivity contribution in [1.29, 1.82) is 5.41 Å². The summed E-state index contributed by atoms with van der Waals surface area (Å²) in [6.45, 7) is 6.95. The van der Waals surface area contributed by atoms with Crippen molar-refractivity contribution in [2.45, 2.75) is 40.2 Å². The minimum absolute atomic E-state index is 0.193. The second-order valence-corrected chi connectivity index (χ2v) is 4.60. The monoisotopic (exact) mass is 208 g/mol. The minimum Gasteiger partial charge on any atom is -0.387 e. The first kappa shape index (κ1) is 11.8. The fourth-order valence-electron chi connectivity index (χ4n) is 1.44. The molecular formula is C11H20N4. The highest BCUT2D eigenvalue weighted by Crippen LogP contribution is 2.22. The highest BCUT2D eigenvalue weighted by molar-refractivity contribution is 5.82. The van der Waals surface area contributed by atoms with Crippen molar-refractivity contribution in [1.82, 2.24) is 9.78 Å². The van der Waals surface area contributed by atoms with Crippen LogP contribution in [0.2, 0.25) is 0 Å². The van der Waals surface area contributed by atoms with Gasteiger partial charge in [0.2, 0.25) is 0 Å². The fourth-order valence-corrected chi connectivity index (χ4v) is 1.44. The molecule has 1 rings (SSSR count). The lowest BCUT2D eigenvalue weighted by Crippen LogP contribution is -2.31. The molecule has 1 heterocycles. The van der Waals surface area contributed by atoms with Gasteiger partial charge in [0.1, 0.15) is 0 Å². The lowest BCUT2D eigenvalue weighted by Gasteiger charge is -2.22. The number of rotatable bonds is 5. The summed E-state index contributed by atoms with van der Waals surface area (Å²) in [4.78, 5) is 0. The third-order valence-electron chi connectivity index (χ3n) is 2.83. The SMILES string of the molecule is Cc1ccnn1CCCC(C)(C)C(=N)N. The van der Waals surface area contributed by atoms with Gasteiger partial charge in [0.05, 0.1) is 5.84 Å². The van der Waals surface area contributed by atoms with Crippen LogP contribution in [0.5, 0.6) is 0 Å². The first-order valence-corrected chi connectivity index (χ1v) is 5.26. The number of aryl methyl sites for hydroxylation is 2. The molecule has 0 unspecified atom stereocenters. The molecule has 0 radical (unpaired) electrons. The molecule has 0 atom stereocenters. The molecule has 1 aromatic rings. The Kier molecular flexibility index (Phi) is 3.50. The number of hydrogen-bond acceptors (Lipinski definition) is 2. The number of aromatic nitrogens is 2. The molecule has 0 saturated heterocycles. The summed E-state index contributed by atoms with van der Waals surface area (Å²) in [7, 11) is 0. The van der Waals surface area contributed by atoms with E-state index in [2.05, 4.69) is 5.10 Å². The summed E-state index contributed by atoms with van der Waals surface area (Å²) in [5, 5.41) is 11.7. The third-order valence-corrected chi connectivity index (χ3v) is 2.83. The van der Waals surface area contributed by atoms with Crippen molar-refractivity contribution >= 4 is 5.84 Å². The number of nitrogens with zero attached hydrogens (tertiary/aromatic N) is 2.